The van der Waals surface area contributed by atoms with Crippen LogP contribution in [0.15, 0.2) is 41.0 Å². The van der Waals surface area contributed by atoms with Crippen molar-refractivity contribution in [3.05, 3.63) is 67.8 Å². The molecule has 0 saturated heterocycles. The lowest BCUT2D eigenvalue weighted by molar-refractivity contribution is -0.385. The van der Waals surface area contributed by atoms with E-state index in [4.69, 9.17) is 0 Å². The molecule has 2 N–H and O–H groups in total. The number of rotatable bonds is 6. The Kier molecular flexibility index (Phi) is 4.83. The van der Waals surface area contributed by atoms with E-state index in [-0.39, 0.29) is 34.3 Å². The number of nitro benzene ring substituents is 2. The number of fused-ring (bicyclic) bond motifs is 1. The van der Waals surface area contributed by atoms with Gasteiger partial charge in [0, 0.05) is 35.6 Å². The van der Waals surface area contributed by atoms with E-state index in [2.05, 4.69) is 35.5 Å². The van der Waals surface area contributed by atoms with Gasteiger partial charge in [0.05, 0.1) is 9.85 Å². The van der Waals surface area contributed by atoms with Gasteiger partial charge in [-0.3, -0.25) is 20.2 Å². The Labute approximate surface area is 173 Å². The van der Waals surface area contributed by atoms with Crippen LogP contribution in [0.2, 0.25) is 0 Å². The first-order chi connectivity index (χ1) is 14.8. The van der Waals surface area contributed by atoms with Crippen molar-refractivity contribution in [2.45, 2.75) is 13.8 Å². The SMILES string of the molecule is Cc1ccc([N+](=O)[O-])cc1Nc1nc2nonc2nc1Nc1cc([N+](=O)[O-])ccc1C. The van der Waals surface area contributed by atoms with Gasteiger partial charge in [-0.15, -0.1) is 0 Å². The number of aromatic nitrogens is 4. The zero-order chi connectivity index (χ0) is 22.1. The molecular formula is C18H14N8O5. The van der Waals surface area contributed by atoms with Crippen LogP contribution in [-0.4, -0.2) is 30.1 Å². The maximum absolute atomic E-state index is 11.1. The maximum atomic E-state index is 11.1. The topological polar surface area (TPSA) is 175 Å². The quantitative estimate of drug-likeness (QED) is 0.340. The molecule has 4 rings (SSSR count). The lowest BCUT2D eigenvalue weighted by atomic mass is 10.1. The fraction of sp³-hybridized carbons (Fsp3) is 0.111. The van der Waals surface area contributed by atoms with E-state index in [1.807, 2.05) is 0 Å². The summed E-state index contributed by atoms with van der Waals surface area (Å²) in [5.74, 6) is 0.357. The number of nitro groups is 2. The fourth-order valence-electron chi connectivity index (χ4n) is 2.78. The van der Waals surface area contributed by atoms with Gasteiger partial charge in [-0.25, -0.2) is 14.6 Å². The molecule has 2 heterocycles. The highest BCUT2D eigenvalue weighted by molar-refractivity contribution is 5.80. The molecular weight excluding hydrogens is 408 g/mol. The number of non-ortho nitro benzene ring substituents is 2. The van der Waals surface area contributed by atoms with Gasteiger partial charge in [-0.05, 0) is 35.3 Å². The summed E-state index contributed by atoms with van der Waals surface area (Å²) in [5.41, 5.74) is 2.34. The van der Waals surface area contributed by atoms with E-state index in [1.54, 1.807) is 26.0 Å². The van der Waals surface area contributed by atoms with Gasteiger partial charge in [0.25, 0.3) is 11.4 Å². The highest BCUT2D eigenvalue weighted by atomic mass is 16.6. The Hall–Kier alpha value is -4.68. The molecule has 31 heavy (non-hydrogen) atoms. The minimum absolute atomic E-state index is 0.103. The summed E-state index contributed by atoms with van der Waals surface area (Å²) in [4.78, 5) is 29.9. The zero-order valence-electron chi connectivity index (χ0n) is 16.2. The van der Waals surface area contributed by atoms with Crippen LogP contribution in [0.1, 0.15) is 11.1 Å². The Morgan fingerprint density at radius 1 is 0.774 bits per heavy atom. The van der Waals surface area contributed by atoms with E-state index in [0.29, 0.717) is 11.4 Å². The summed E-state index contributed by atoms with van der Waals surface area (Å²) in [6.07, 6.45) is 0. The van der Waals surface area contributed by atoms with Crippen molar-refractivity contribution in [3.63, 3.8) is 0 Å². The second-order valence-electron chi connectivity index (χ2n) is 6.59. The number of aryl methyl sites for hydroxylation is 2. The molecule has 0 aliphatic heterocycles. The van der Waals surface area contributed by atoms with Gasteiger partial charge in [0.15, 0.2) is 11.6 Å². The number of benzene rings is 2. The van der Waals surface area contributed by atoms with Crippen molar-refractivity contribution in [1.82, 2.24) is 20.3 Å². The van der Waals surface area contributed by atoms with Crippen molar-refractivity contribution in [3.8, 4) is 0 Å². The summed E-state index contributed by atoms with van der Waals surface area (Å²) in [7, 11) is 0. The Balaban J connectivity index is 1.79. The summed E-state index contributed by atoms with van der Waals surface area (Å²) < 4.78 is 4.66. The van der Waals surface area contributed by atoms with Gasteiger partial charge >= 0.3 is 0 Å². The van der Waals surface area contributed by atoms with E-state index in [0.717, 1.165) is 11.1 Å². The number of hydrogen-bond acceptors (Lipinski definition) is 11. The first-order valence-electron chi connectivity index (χ1n) is 8.86. The number of anilines is 4. The molecule has 2 aromatic heterocycles. The monoisotopic (exact) mass is 422 g/mol. The van der Waals surface area contributed by atoms with Gasteiger partial charge in [0.2, 0.25) is 11.3 Å². The number of nitrogens with zero attached hydrogens (tertiary/aromatic N) is 6. The van der Waals surface area contributed by atoms with Crippen LogP contribution in [-0.2, 0) is 0 Å². The normalized spacial score (nSPS) is 10.8. The predicted molar refractivity (Wildman–Crippen MR) is 110 cm³/mol. The average Bonchev–Trinajstić information content (AvgIpc) is 3.18. The van der Waals surface area contributed by atoms with Crippen molar-refractivity contribution >= 4 is 45.7 Å². The molecule has 0 amide bonds. The summed E-state index contributed by atoms with van der Waals surface area (Å²) in [6, 6.07) is 8.71. The fourth-order valence-corrected chi connectivity index (χ4v) is 2.78. The van der Waals surface area contributed by atoms with Crippen molar-refractivity contribution in [2.75, 3.05) is 10.6 Å². The largest absolute Gasteiger partial charge is 0.337 e. The third-order valence-electron chi connectivity index (χ3n) is 4.48. The smallest absolute Gasteiger partial charge is 0.271 e. The first-order valence-corrected chi connectivity index (χ1v) is 8.86. The van der Waals surface area contributed by atoms with Crippen LogP contribution in [0.3, 0.4) is 0 Å². The van der Waals surface area contributed by atoms with E-state index in [1.165, 1.54) is 24.3 Å². The van der Waals surface area contributed by atoms with Crippen molar-refractivity contribution in [2.24, 2.45) is 0 Å². The maximum Gasteiger partial charge on any atom is 0.271 e. The van der Waals surface area contributed by atoms with Crippen LogP contribution in [0.25, 0.3) is 11.3 Å². The molecule has 0 bridgehead atoms. The molecule has 2 aromatic carbocycles. The van der Waals surface area contributed by atoms with E-state index >= 15 is 0 Å². The van der Waals surface area contributed by atoms with Crippen LogP contribution in [0.5, 0.6) is 0 Å². The summed E-state index contributed by atoms with van der Waals surface area (Å²) in [6.45, 7) is 3.54. The second kappa shape index (κ2) is 7.62. The summed E-state index contributed by atoms with van der Waals surface area (Å²) >= 11 is 0. The lowest BCUT2D eigenvalue weighted by Gasteiger charge is -2.14. The molecule has 13 heteroatoms. The van der Waals surface area contributed by atoms with Crippen LogP contribution in [0.4, 0.5) is 34.4 Å². The van der Waals surface area contributed by atoms with Crippen molar-refractivity contribution < 1.29 is 14.5 Å². The molecule has 156 valence electrons. The Bertz CT molecular complexity index is 1240. The van der Waals surface area contributed by atoms with Gasteiger partial charge in [0.1, 0.15) is 0 Å². The highest BCUT2D eigenvalue weighted by Gasteiger charge is 2.17. The third kappa shape index (κ3) is 3.91. The van der Waals surface area contributed by atoms with Gasteiger partial charge in [-0.2, -0.15) is 0 Å². The first kappa shape index (κ1) is 19.6. The average molecular weight is 422 g/mol. The summed E-state index contributed by atoms with van der Waals surface area (Å²) in [5, 5.41) is 35.6. The molecule has 0 fully saturated rings. The molecule has 0 spiro atoms. The predicted octanol–water partition coefficient (Wildman–Crippen LogP) is 3.93. The number of hydrogen-bond donors (Lipinski definition) is 2. The van der Waals surface area contributed by atoms with E-state index in [9.17, 15) is 20.2 Å². The van der Waals surface area contributed by atoms with Gasteiger partial charge in [-0.1, -0.05) is 12.1 Å². The molecule has 13 nitrogen and oxygen atoms in total. The molecule has 0 radical (unpaired) electrons. The van der Waals surface area contributed by atoms with E-state index < -0.39 is 9.85 Å². The standard InChI is InChI=1S/C18H14N8O5/c1-9-3-5-11(25(27)28)7-13(9)19-15-16(22-18-17(21-15)23-31-24-18)20-14-8-12(26(29)30)6-4-10(14)2/h3-8H,1-2H3,(H,19,21,23)(H,20,22,24). The van der Waals surface area contributed by atoms with Crippen LogP contribution in [0, 0.1) is 34.1 Å². The molecule has 0 atom stereocenters. The second-order valence-corrected chi connectivity index (χ2v) is 6.59. The molecule has 4 aromatic rings. The van der Waals surface area contributed by atoms with Crippen molar-refractivity contribution in [1.29, 1.82) is 0 Å². The minimum atomic E-state index is -0.507. The van der Waals surface area contributed by atoms with Crippen LogP contribution >= 0.6 is 0 Å². The molecule has 0 aliphatic rings. The Morgan fingerprint density at radius 3 is 1.58 bits per heavy atom. The lowest BCUT2D eigenvalue weighted by Crippen LogP contribution is -2.05. The minimum Gasteiger partial charge on any atom is -0.337 e. The van der Waals surface area contributed by atoms with Crippen LogP contribution < -0.4 is 10.6 Å². The zero-order valence-corrected chi connectivity index (χ0v) is 16.2. The molecule has 0 saturated carbocycles. The number of nitrogens with one attached hydrogen (secondary N) is 2. The highest BCUT2D eigenvalue weighted by Crippen LogP contribution is 2.32. The molecule has 0 aliphatic carbocycles. The Morgan fingerprint density at radius 2 is 1.19 bits per heavy atom. The van der Waals surface area contributed by atoms with Gasteiger partial charge < -0.3 is 10.6 Å². The molecule has 0 unspecified atom stereocenters. The third-order valence-corrected chi connectivity index (χ3v) is 4.48.